The van der Waals surface area contributed by atoms with Crippen LogP contribution >= 0.6 is 24.0 Å². The van der Waals surface area contributed by atoms with Gasteiger partial charge >= 0.3 is 0 Å². The van der Waals surface area contributed by atoms with Gasteiger partial charge in [-0.25, -0.2) is 9.38 Å². The van der Waals surface area contributed by atoms with Crippen molar-refractivity contribution in [2.45, 2.75) is 20.0 Å². The summed E-state index contributed by atoms with van der Waals surface area (Å²) in [7, 11) is 1.66. The van der Waals surface area contributed by atoms with Crippen molar-refractivity contribution < 1.29 is 13.9 Å². The lowest BCUT2D eigenvalue weighted by Crippen LogP contribution is -2.37. The number of aliphatic imine (C=N–C) groups is 1. The Labute approximate surface area is 194 Å². The van der Waals surface area contributed by atoms with Gasteiger partial charge in [0, 0.05) is 31.7 Å². The zero-order valence-corrected chi connectivity index (χ0v) is 19.8. The quantitative estimate of drug-likeness (QED) is 0.327. The van der Waals surface area contributed by atoms with Crippen molar-refractivity contribution in [2.24, 2.45) is 4.99 Å². The summed E-state index contributed by atoms with van der Waals surface area (Å²) in [5.41, 5.74) is 2.50. The second-order valence-corrected chi connectivity index (χ2v) is 6.75. The molecule has 0 atom stereocenters. The van der Waals surface area contributed by atoms with Gasteiger partial charge in [0.25, 0.3) is 0 Å². The molecule has 0 bridgehead atoms. The molecule has 0 radical (unpaired) electrons. The topological polar surface area (TPSA) is 58.1 Å². The first-order chi connectivity index (χ1) is 14.2. The number of halogens is 2. The molecule has 1 heterocycles. The van der Waals surface area contributed by atoms with E-state index in [1.807, 2.05) is 48.2 Å². The van der Waals surface area contributed by atoms with E-state index in [2.05, 4.69) is 15.6 Å². The van der Waals surface area contributed by atoms with Gasteiger partial charge in [0.05, 0.1) is 32.6 Å². The Hall–Kier alpha value is -2.07. The van der Waals surface area contributed by atoms with Crippen LogP contribution in [0.4, 0.5) is 10.1 Å². The molecule has 2 aromatic carbocycles. The SMILES string of the molecule is CCNC(=NCc1ccc(N2CCOCC2)c(F)c1)NCc1ccccc1OC.I. The minimum absolute atomic E-state index is 0. The van der Waals surface area contributed by atoms with E-state index in [-0.39, 0.29) is 29.8 Å². The predicted molar refractivity (Wildman–Crippen MR) is 129 cm³/mol. The highest BCUT2D eigenvalue weighted by Crippen LogP contribution is 2.22. The molecule has 164 valence electrons. The lowest BCUT2D eigenvalue weighted by molar-refractivity contribution is 0.122. The molecular formula is C22H30FIN4O2. The Morgan fingerprint density at radius 3 is 2.63 bits per heavy atom. The van der Waals surface area contributed by atoms with Crippen molar-refractivity contribution in [3.05, 3.63) is 59.4 Å². The third-order valence-electron chi connectivity index (χ3n) is 4.77. The average molecular weight is 528 g/mol. The third-order valence-corrected chi connectivity index (χ3v) is 4.77. The van der Waals surface area contributed by atoms with E-state index < -0.39 is 0 Å². The third kappa shape index (κ3) is 6.73. The number of morpholine rings is 1. The summed E-state index contributed by atoms with van der Waals surface area (Å²) in [6, 6.07) is 13.2. The molecule has 0 unspecified atom stereocenters. The van der Waals surface area contributed by atoms with Crippen molar-refractivity contribution in [3.8, 4) is 5.75 Å². The van der Waals surface area contributed by atoms with Gasteiger partial charge < -0.3 is 25.0 Å². The van der Waals surface area contributed by atoms with E-state index in [0.29, 0.717) is 51.0 Å². The molecule has 0 saturated carbocycles. The normalized spacial score (nSPS) is 14.1. The van der Waals surface area contributed by atoms with Crippen LogP contribution in [0.1, 0.15) is 18.1 Å². The smallest absolute Gasteiger partial charge is 0.191 e. The lowest BCUT2D eigenvalue weighted by Gasteiger charge is -2.29. The molecule has 0 spiro atoms. The van der Waals surface area contributed by atoms with E-state index in [0.717, 1.165) is 23.4 Å². The molecular weight excluding hydrogens is 498 g/mol. The number of methoxy groups -OCH3 is 1. The Morgan fingerprint density at radius 1 is 1.17 bits per heavy atom. The molecule has 1 fully saturated rings. The number of rotatable bonds is 7. The van der Waals surface area contributed by atoms with Crippen molar-refractivity contribution in [3.63, 3.8) is 0 Å². The maximum atomic E-state index is 14.6. The van der Waals surface area contributed by atoms with Gasteiger partial charge in [-0.15, -0.1) is 24.0 Å². The monoisotopic (exact) mass is 528 g/mol. The zero-order chi connectivity index (χ0) is 20.5. The summed E-state index contributed by atoms with van der Waals surface area (Å²) in [6.07, 6.45) is 0. The molecule has 0 aliphatic carbocycles. The number of benzene rings is 2. The van der Waals surface area contributed by atoms with Crippen LogP contribution < -0.4 is 20.3 Å². The number of hydrogen-bond acceptors (Lipinski definition) is 4. The Balaban J connectivity index is 0.00000320. The fourth-order valence-corrected chi connectivity index (χ4v) is 3.25. The number of para-hydroxylation sites is 1. The first-order valence-electron chi connectivity index (χ1n) is 9.96. The van der Waals surface area contributed by atoms with Gasteiger partial charge in [-0.3, -0.25) is 0 Å². The second-order valence-electron chi connectivity index (χ2n) is 6.75. The van der Waals surface area contributed by atoms with Gasteiger partial charge in [0.1, 0.15) is 11.6 Å². The Bertz CT molecular complexity index is 829. The largest absolute Gasteiger partial charge is 0.496 e. The summed E-state index contributed by atoms with van der Waals surface area (Å²) < 4.78 is 25.3. The molecule has 1 aliphatic rings. The zero-order valence-electron chi connectivity index (χ0n) is 17.5. The van der Waals surface area contributed by atoms with E-state index in [1.54, 1.807) is 13.2 Å². The lowest BCUT2D eigenvalue weighted by atomic mass is 10.1. The Kier molecular flexibility index (Phi) is 10.2. The minimum atomic E-state index is -0.216. The summed E-state index contributed by atoms with van der Waals surface area (Å²) in [5.74, 6) is 1.29. The van der Waals surface area contributed by atoms with E-state index >= 15 is 0 Å². The van der Waals surface area contributed by atoms with Crippen LogP contribution in [0, 0.1) is 5.82 Å². The van der Waals surface area contributed by atoms with Crippen LogP contribution in [0.2, 0.25) is 0 Å². The van der Waals surface area contributed by atoms with Crippen molar-refractivity contribution >= 4 is 35.6 Å². The van der Waals surface area contributed by atoms with Crippen molar-refractivity contribution in [1.82, 2.24) is 10.6 Å². The van der Waals surface area contributed by atoms with Crippen LogP contribution in [0.15, 0.2) is 47.5 Å². The standard InChI is InChI=1S/C22H29FN4O2.HI/c1-3-24-22(26-16-18-6-4-5-7-21(18)28-2)25-15-17-8-9-20(19(23)14-17)27-10-12-29-13-11-27;/h4-9,14H,3,10-13,15-16H2,1-2H3,(H2,24,25,26);1H. The molecule has 3 rings (SSSR count). The maximum absolute atomic E-state index is 14.6. The molecule has 8 heteroatoms. The van der Waals surface area contributed by atoms with Crippen LogP contribution in [0.25, 0.3) is 0 Å². The summed E-state index contributed by atoms with van der Waals surface area (Å²) >= 11 is 0. The summed E-state index contributed by atoms with van der Waals surface area (Å²) in [4.78, 5) is 6.61. The molecule has 2 N–H and O–H groups in total. The van der Waals surface area contributed by atoms with Crippen LogP contribution in [-0.2, 0) is 17.8 Å². The van der Waals surface area contributed by atoms with Gasteiger partial charge in [0.2, 0.25) is 0 Å². The summed E-state index contributed by atoms with van der Waals surface area (Å²) in [6.45, 7) is 6.42. The number of nitrogens with one attached hydrogen (secondary N) is 2. The highest BCUT2D eigenvalue weighted by Gasteiger charge is 2.15. The van der Waals surface area contributed by atoms with Gasteiger partial charge in [0.15, 0.2) is 5.96 Å². The number of anilines is 1. The fraction of sp³-hybridized carbons (Fsp3) is 0.409. The molecule has 30 heavy (non-hydrogen) atoms. The fourth-order valence-electron chi connectivity index (χ4n) is 3.25. The van der Waals surface area contributed by atoms with E-state index in [4.69, 9.17) is 9.47 Å². The van der Waals surface area contributed by atoms with Crippen LogP contribution in [-0.4, -0.2) is 45.9 Å². The summed E-state index contributed by atoms with van der Waals surface area (Å²) in [5, 5.41) is 6.52. The first kappa shape index (κ1) is 24.2. The molecule has 2 aromatic rings. The van der Waals surface area contributed by atoms with Gasteiger partial charge in [-0.2, -0.15) is 0 Å². The second kappa shape index (κ2) is 12.6. The van der Waals surface area contributed by atoms with Crippen molar-refractivity contribution in [2.75, 3.05) is 44.9 Å². The predicted octanol–water partition coefficient (Wildman–Crippen LogP) is 3.54. The maximum Gasteiger partial charge on any atom is 0.191 e. The first-order valence-corrected chi connectivity index (χ1v) is 9.96. The highest BCUT2D eigenvalue weighted by molar-refractivity contribution is 14.0. The van der Waals surface area contributed by atoms with E-state index in [1.165, 1.54) is 0 Å². The van der Waals surface area contributed by atoms with Gasteiger partial charge in [-0.05, 0) is 30.7 Å². The number of ether oxygens (including phenoxy) is 2. The Morgan fingerprint density at radius 2 is 1.93 bits per heavy atom. The van der Waals surface area contributed by atoms with Crippen LogP contribution in [0.5, 0.6) is 5.75 Å². The van der Waals surface area contributed by atoms with Crippen LogP contribution in [0.3, 0.4) is 0 Å². The highest BCUT2D eigenvalue weighted by atomic mass is 127. The number of guanidine groups is 1. The molecule has 1 saturated heterocycles. The van der Waals surface area contributed by atoms with Gasteiger partial charge in [-0.1, -0.05) is 24.3 Å². The minimum Gasteiger partial charge on any atom is -0.496 e. The number of hydrogen-bond donors (Lipinski definition) is 2. The molecule has 0 amide bonds. The number of nitrogens with zero attached hydrogens (tertiary/aromatic N) is 2. The van der Waals surface area contributed by atoms with E-state index in [9.17, 15) is 4.39 Å². The average Bonchev–Trinajstić information content (AvgIpc) is 2.76. The molecule has 0 aromatic heterocycles. The van der Waals surface area contributed by atoms with Crippen molar-refractivity contribution in [1.29, 1.82) is 0 Å². The molecule has 6 nitrogen and oxygen atoms in total. The molecule has 1 aliphatic heterocycles.